The Labute approximate surface area is 117 Å². The van der Waals surface area contributed by atoms with Gasteiger partial charge in [0.25, 0.3) is 0 Å². The Morgan fingerprint density at radius 1 is 1.32 bits per heavy atom. The minimum Gasteiger partial charge on any atom is -0.367 e. The highest BCUT2D eigenvalue weighted by Crippen LogP contribution is 2.33. The van der Waals surface area contributed by atoms with Crippen LogP contribution in [-0.4, -0.2) is 23.6 Å². The first-order valence-corrected chi connectivity index (χ1v) is 7.51. The van der Waals surface area contributed by atoms with Gasteiger partial charge in [0.15, 0.2) is 0 Å². The summed E-state index contributed by atoms with van der Waals surface area (Å²) in [5, 5.41) is 3.51. The summed E-state index contributed by atoms with van der Waals surface area (Å²) in [5.74, 6) is 0.897. The molecule has 0 radical (unpaired) electrons. The fraction of sp³-hybridized carbons (Fsp3) is 0.688. The van der Waals surface area contributed by atoms with Crippen LogP contribution in [0.3, 0.4) is 0 Å². The molecule has 1 saturated carbocycles. The molecule has 0 amide bonds. The Hall–Kier alpha value is -1.09. The van der Waals surface area contributed by atoms with E-state index in [4.69, 9.17) is 0 Å². The normalized spacial score (nSPS) is 15.3. The van der Waals surface area contributed by atoms with Gasteiger partial charge in [0.2, 0.25) is 0 Å². The van der Waals surface area contributed by atoms with Crippen LogP contribution in [0, 0.1) is 5.92 Å². The van der Waals surface area contributed by atoms with Crippen molar-refractivity contribution in [3.63, 3.8) is 0 Å². The van der Waals surface area contributed by atoms with Crippen LogP contribution < -0.4 is 10.2 Å². The highest BCUT2D eigenvalue weighted by molar-refractivity contribution is 5.52. The molecule has 106 valence electrons. The molecule has 0 saturated heterocycles. The summed E-state index contributed by atoms with van der Waals surface area (Å²) in [7, 11) is 0. The fourth-order valence-electron chi connectivity index (χ4n) is 2.30. The predicted octanol–water partition coefficient (Wildman–Crippen LogP) is 3.20. The molecule has 0 aromatic carbocycles. The zero-order valence-electron chi connectivity index (χ0n) is 12.7. The van der Waals surface area contributed by atoms with Gasteiger partial charge in [0.05, 0.1) is 11.9 Å². The summed E-state index contributed by atoms with van der Waals surface area (Å²) in [5.41, 5.74) is 2.66. The molecule has 0 bridgehead atoms. The number of aromatic nitrogens is 1. The molecule has 2 rings (SSSR count). The average Bonchev–Trinajstić information content (AvgIpc) is 3.17. The second-order valence-electron chi connectivity index (χ2n) is 6.23. The SMILES string of the molecule is CC(C)NCc1ccncc1N(CC1CC1)C(C)C. The van der Waals surface area contributed by atoms with Gasteiger partial charge in [0, 0.05) is 31.4 Å². The van der Waals surface area contributed by atoms with Crippen LogP contribution in [0.1, 0.15) is 46.1 Å². The average molecular weight is 261 g/mol. The summed E-state index contributed by atoms with van der Waals surface area (Å²) in [6.45, 7) is 11.0. The van der Waals surface area contributed by atoms with Crippen molar-refractivity contribution in [2.75, 3.05) is 11.4 Å². The van der Waals surface area contributed by atoms with E-state index in [0.717, 1.165) is 12.5 Å². The third kappa shape index (κ3) is 4.20. The van der Waals surface area contributed by atoms with Crippen LogP contribution in [0.5, 0.6) is 0 Å². The van der Waals surface area contributed by atoms with Crippen LogP contribution in [0.15, 0.2) is 18.5 Å². The Balaban J connectivity index is 2.14. The lowest BCUT2D eigenvalue weighted by molar-refractivity contribution is 0.582. The molecule has 19 heavy (non-hydrogen) atoms. The van der Waals surface area contributed by atoms with Gasteiger partial charge in [-0.3, -0.25) is 4.98 Å². The minimum absolute atomic E-state index is 0.511. The van der Waals surface area contributed by atoms with E-state index in [0.29, 0.717) is 12.1 Å². The molecule has 3 heteroatoms. The van der Waals surface area contributed by atoms with Crippen molar-refractivity contribution in [1.82, 2.24) is 10.3 Å². The number of hydrogen-bond donors (Lipinski definition) is 1. The summed E-state index contributed by atoms with van der Waals surface area (Å²) in [6.07, 6.45) is 6.71. The molecule has 0 aliphatic heterocycles. The van der Waals surface area contributed by atoms with Gasteiger partial charge < -0.3 is 10.2 Å². The van der Waals surface area contributed by atoms with E-state index in [-0.39, 0.29) is 0 Å². The standard InChI is InChI=1S/C16H27N3/c1-12(2)18-9-15-7-8-17-10-16(15)19(13(3)4)11-14-5-6-14/h7-8,10,12-14,18H,5-6,9,11H2,1-4H3. The Kier molecular flexibility index (Phi) is 4.81. The maximum absolute atomic E-state index is 4.33. The first-order valence-electron chi connectivity index (χ1n) is 7.51. The molecule has 3 nitrogen and oxygen atoms in total. The van der Waals surface area contributed by atoms with Gasteiger partial charge in [-0.15, -0.1) is 0 Å². The molecular formula is C16H27N3. The maximum atomic E-state index is 4.33. The quantitative estimate of drug-likeness (QED) is 0.817. The van der Waals surface area contributed by atoms with Gasteiger partial charge in [0.1, 0.15) is 0 Å². The second kappa shape index (κ2) is 6.38. The van der Waals surface area contributed by atoms with Crippen molar-refractivity contribution in [2.24, 2.45) is 5.92 Å². The van der Waals surface area contributed by atoms with E-state index in [1.54, 1.807) is 0 Å². The van der Waals surface area contributed by atoms with E-state index in [1.807, 2.05) is 12.4 Å². The molecular weight excluding hydrogens is 234 g/mol. The highest BCUT2D eigenvalue weighted by Gasteiger charge is 2.26. The lowest BCUT2D eigenvalue weighted by atomic mass is 10.1. The number of nitrogens with zero attached hydrogens (tertiary/aromatic N) is 2. The number of rotatable bonds is 7. The third-order valence-electron chi connectivity index (χ3n) is 3.67. The largest absolute Gasteiger partial charge is 0.367 e. The predicted molar refractivity (Wildman–Crippen MR) is 81.4 cm³/mol. The summed E-state index contributed by atoms with van der Waals surface area (Å²) in [6, 6.07) is 3.19. The number of hydrogen-bond acceptors (Lipinski definition) is 3. The zero-order chi connectivity index (χ0) is 13.8. The van der Waals surface area contributed by atoms with Gasteiger partial charge in [-0.2, -0.15) is 0 Å². The van der Waals surface area contributed by atoms with Crippen molar-refractivity contribution < 1.29 is 0 Å². The van der Waals surface area contributed by atoms with E-state index < -0.39 is 0 Å². The Morgan fingerprint density at radius 2 is 2.05 bits per heavy atom. The first-order chi connectivity index (χ1) is 9.08. The molecule has 0 unspecified atom stereocenters. The second-order valence-corrected chi connectivity index (χ2v) is 6.23. The van der Waals surface area contributed by atoms with Crippen LogP contribution in [0.25, 0.3) is 0 Å². The van der Waals surface area contributed by atoms with Gasteiger partial charge in [-0.1, -0.05) is 13.8 Å². The maximum Gasteiger partial charge on any atom is 0.0600 e. The monoisotopic (exact) mass is 261 g/mol. The Bertz CT molecular complexity index is 397. The van der Waals surface area contributed by atoms with Gasteiger partial charge >= 0.3 is 0 Å². The zero-order valence-corrected chi connectivity index (χ0v) is 12.7. The van der Waals surface area contributed by atoms with Gasteiger partial charge in [-0.05, 0) is 44.2 Å². The smallest absolute Gasteiger partial charge is 0.0600 e. The van der Waals surface area contributed by atoms with Crippen molar-refractivity contribution in [3.8, 4) is 0 Å². The number of anilines is 1. The molecule has 1 aliphatic carbocycles. The molecule has 1 fully saturated rings. The first kappa shape index (κ1) is 14.3. The van der Waals surface area contributed by atoms with Crippen molar-refractivity contribution in [1.29, 1.82) is 0 Å². The van der Waals surface area contributed by atoms with Crippen LogP contribution in [0.4, 0.5) is 5.69 Å². The highest BCUT2D eigenvalue weighted by atomic mass is 15.2. The fourth-order valence-corrected chi connectivity index (χ4v) is 2.30. The molecule has 0 spiro atoms. The molecule has 1 heterocycles. The topological polar surface area (TPSA) is 28.2 Å². The van der Waals surface area contributed by atoms with E-state index in [1.165, 1.54) is 30.6 Å². The summed E-state index contributed by atoms with van der Waals surface area (Å²) in [4.78, 5) is 6.85. The molecule has 1 aromatic rings. The third-order valence-corrected chi connectivity index (χ3v) is 3.67. The number of nitrogens with one attached hydrogen (secondary N) is 1. The summed E-state index contributed by atoms with van der Waals surface area (Å²) >= 11 is 0. The minimum atomic E-state index is 0.511. The molecule has 1 N–H and O–H groups in total. The van der Waals surface area contributed by atoms with Crippen LogP contribution >= 0.6 is 0 Å². The van der Waals surface area contributed by atoms with E-state index in [2.05, 4.69) is 49.0 Å². The van der Waals surface area contributed by atoms with E-state index in [9.17, 15) is 0 Å². The van der Waals surface area contributed by atoms with Crippen molar-refractivity contribution >= 4 is 5.69 Å². The van der Waals surface area contributed by atoms with Crippen molar-refractivity contribution in [3.05, 3.63) is 24.0 Å². The summed E-state index contributed by atoms with van der Waals surface area (Å²) < 4.78 is 0. The number of pyridine rings is 1. The molecule has 1 aliphatic rings. The van der Waals surface area contributed by atoms with E-state index >= 15 is 0 Å². The lowest BCUT2D eigenvalue weighted by Gasteiger charge is -2.31. The molecule has 0 atom stereocenters. The van der Waals surface area contributed by atoms with Crippen LogP contribution in [-0.2, 0) is 6.54 Å². The lowest BCUT2D eigenvalue weighted by Crippen LogP contribution is -2.34. The van der Waals surface area contributed by atoms with Crippen molar-refractivity contribution in [2.45, 2.75) is 59.2 Å². The van der Waals surface area contributed by atoms with Gasteiger partial charge in [-0.25, -0.2) is 0 Å². The Morgan fingerprint density at radius 3 is 2.63 bits per heavy atom. The molecule has 1 aromatic heterocycles. The van der Waals surface area contributed by atoms with Crippen LogP contribution in [0.2, 0.25) is 0 Å².